The molecule has 0 aliphatic carbocycles. The highest BCUT2D eigenvalue weighted by molar-refractivity contribution is 5.33. The minimum atomic E-state index is 0.117. The van der Waals surface area contributed by atoms with Crippen molar-refractivity contribution in [3.05, 3.63) is 60.2 Å². The SMILES string of the molecule is OCCOCCC1CCN(Cc2cccc(Oc3ccccc3)c2)CC1. The summed E-state index contributed by atoms with van der Waals surface area (Å²) < 4.78 is 11.3. The number of rotatable bonds is 9. The Morgan fingerprint density at radius 1 is 0.923 bits per heavy atom. The molecule has 0 atom stereocenters. The summed E-state index contributed by atoms with van der Waals surface area (Å²) >= 11 is 0. The zero-order valence-corrected chi connectivity index (χ0v) is 15.3. The van der Waals surface area contributed by atoms with Gasteiger partial charge < -0.3 is 14.6 Å². The Balaban J connectivity index is 1.44. The third kappa shape index (κ3) is 6.13. The number of piperidine rings is 1. The van der Waals surface area contributed by atoms with Gasteiger partial charge in [-0.2, -0.15) is 0 Å². The van der Waals surface area contributed by atoms with E-state index in [-0.39, 0.29) is 6.61 Å². The number of nitrogens with zero attached hydrogens (tertiary/aromatic N) is 1. The molecule has 2 aromatic carbocycles. The van der Waals surface area contributed by atoms with Crippen LogP contribution >= 0.6 is 0 Å². The van der Waals surface area contributed by atoms with Crippen LogP contribution in [0.1, 0.15) is 24.8 Å². The fourth-order valence-corrected chi connectivity index (χ4v) is 3.44. The molecule has 3 rings (SSSR count). The van der Waals surface area contributed by atoms with E-state index in [2.05, 4.69) is 23.1 Å². The van der Waals surface area contributed by atoms with Crippen LogP contribution in [-0.2, 0) is 11.3 Å². The van der Waals surface area contributed by atoms with Crippen molar-refractivity contribution in [3.63, 3.8) is 0 Å². The summed E-state index contributed by atoms with van der Waals surface area (Å²) in [7, 11) is 0. The summed E-state index contributed by atoms with van der Waals surface area (Å²) in [6.45, 7) is 4.58. The number of aliphatic hydroxyl groups is 1. The van der Waals surface area contributed by atoms with Gasteiger partial charge in [-0.15, -0.1) is 0 Å². The van der Waals surface area contributed by atoms with Crippen LogP contribution in [-0.4, -0.2) is 42.9 Å². The molecular weight excluding hydrogens is 326 g/mol. The highest BCUT2D eigenvalue weighted by Crippen LogP contribution is 2.25. The lowest BCUT2D eigenvalue weighted by molar-refractivity contribution is 0.0729. The maximum Gasteiger partial charge on any atom is 0.127 e. The Labute approximate surface area is 156 Å². The van der Waals surface area contributed by atoms with Gasteiger partial charge in [0.1, 0.15) is 11.5 Å². The van der Waals surface area contributed by atoms with Crippen molar-refractivity contribution < 1.29 is 14.6 Å². The molecule has 0 radical (unpaired) electrons. The molecule has 2 aromatic rings. The Morgan fingerprint density at radius 3 is 2.46 bits per heavy atom. The zero-order chi connectivity index (χ0) is 18.0. The molecule has 4 nitrogen and oxygen atoms in total. The zero-order valence-electron chi connectivity index (χ0n) is 15.3. The van der Waals surface area contributed by atoms with Crippen molar-refractivity contribution in [3.8, 4) is 11.5 Å². The predicted molar refractivity (Wildman–Crippen MR) is 103 cm³/mol. The lowest BCUT2D eigenvalue weighted by Crippen LogP contribution is -2.33. The van der Waals surface area contributed by atoms with E-state index in [1.54, 1.807) is 0 Å². The molecular formula is C22H29NO3. The van der Waals surface area contributed by atoms with E-state index >= 15 is 0 Å². The van der Waals surface area contributed by atoms with Gasteiger partial charge in [-0.3, -0.25) is 4.90 Å². The monoisotopic (exact) mass is 355 g/mol. The maximum atomic E-state index is 8.74. The second-order valence-electron chi connectivity index (χ2n) is 6.91. The Hall–Kier alpha value is -1.88. The lowest BCUT2D eigenvalue weighted by Gasteiger charge is -2.32. The third-order valence-corrected chi connectivity index (χ3v) is 4.90. The molecule has 1 N–H and O–H groups in total. The number of hydrogen-bond donors (Lipinski definition) is 1. The fourth-order valence-electron chi connectivity index (χ4n) is 3.44. The summed E-state index contributed by atoms with van der Waals surface area (Å²) in [6, 6.07) is 18.3. The van der Waals surface area contributed by atoms with E-state index in [9.17, 15) is 0 Å². The van der Waals surface area contributed by atoms with Crippen LogP contribution in [0.5, 0.6) is 11.5 Å². The second kappa shape index (κ2) is 10.3. The molecule has 1 heterocycles. The van der Waals surface area contributed by atoms with Gasteiger partial charge >= 0.3 is 0 Å². The fraction of sp³-hybridized carbons (Fsp3) is 0.455. The summed E-state index contributed by atoms with van der Waals surface area (Å²) in [4.78, 5) is 2.52. The minimum Gasteiger partial charge on any atom is -0.457 e. The first kappa shape index (κ1) is 18.9. The topological polar surface area (TPSA) is 41.9 Å². The van der Waals surface area contributed by atoms with E-state index in [4.69, 9.17) is 14.6 Å². The standard InChI is InChI=1S/C22H29NO3/c24-14-16-25-15-11-19-9-12-23(13-10-19)18-20-5-4-8-22(17-20)26-21-6-2-1-3-7-21/h1-8,17,19,24H,9-16,18H2. The van der Waals surface area contributed by atoms with Crippen LogP contribution < -0.4 is 4.74 Å². The number of benzene rings is 2. The molecule has 0 bridgehead atoms. The van der Waals surface area contributed by atoms with E-state index in [1.807, 2.05) is 36.4 Å². The quantitative estimate of drug-likeness (QED) is 0.688. The Bertz CT molecular complexity index is 639. The van der Waals surface area contributed by atoms with E-state index in [1.165, 1.54) is 18.4 Å². The van der Waals surface area contributed by atoms with Crippen LogP contribution in [0.3, 0.4) is 0 Å². The summed E-state index contributed by atoms with van der Waals surface area (Å²) in [5.74, 6) is 2.51. The Kier molecular flexibility index (Phi) is 7.50. The smallest absolute Gasteiger partial charge is 0.127 e. The largest absolute Gasteiger partial charge is 0.457 e. The van der Waals surface area contributed by atoms with Crippen LogP contribution in [0.4, 0.5) is 0 Å². The molecule has 1 saturated heterocycles. The molecule has 0 spiro atoms. The molecule has 0 unspecified atom stereocenters. The molecule has 1 aliphatic heterocycles. The first-order valence-electron chi connectivity index (χ1n) is 9.56. The van der Waals surface area contributed by atoms with Crippen molar-refractivity contribution in [2.24, 2.45) is 5.92 Å². The minimum absolute atomic E-state index is 0.117. The molecule has 1 fully saturated rings. The predicted octanol–water partition coefficient (Wildman–Crippen LogP) is 4.09. The highest BCUT2D eigenvalue weighted by atomic mass is 16.5. The number of para-hydroxylation sites is 1. The molecule has 0 amide bonds. The van der Waals surface area contributed by atoms with Crippen LogP contribution in [0, 0.1) is 5.92 Å². The van der Waals surface area contributed by atoms with Gasteiger partial charge in [-0.1, -0.05) is 30.3 Å². The van der Waals surface area contributed by atoms with Gasteiger partial charge in [-0.25, -0.2) is 0 Å². The van der Waals surface area contributed by atoms with Crippen molar-refractivity contribution in [2.45, 2.75) is 25.8 Å². The molecule has 140 valence electrons. The molecule has 0 saturated carbocycles. The number of ether oxygens (including phenoxy) is 2. The Morgan fingerprint density at radius 2 is 1.69 bits per heavy atom. The number of hydrogen-bond acceptors (Lipinski definition) is 4. The number of likely N-dealkylation sites (tertiary alicyclic amines) is 1. The van der Waals surface area contributed by atoms with Gasteiger partial charge in [-0.05, 0) is 68.1 Å². The molecule has 26 heavy (non-hydrogen) atoms. The van der Waals surface area contributed by atoms with Crippen LogP contribution in [0.15, 0.2) is 54.6 Å². The van der Waals surface area contributed by atoms with Crippen LogP contribution in [0.25, 0.3) is 0 Å². The first-order valence-corrected chi connectivity index (χ1v) is 9.56. The summed E-state index contributed by atoms with van der Waals surface area (Å²) in [5, 5.41) is 8.74. The highest BCUT2D eigenvalue weighted by Gasteiger charge is 2.19. The van der Waals surface area contributed by atoms with Gasteiger partial charge in [0, 0.05) is 13.2 Å². The first-order chi connectivity index (χ1) is 12.8. The van der Waals surface area contributed by atoms with Crippen LogP contribution in [0.2, 0.25) is 0 Å². The number of aliphatic hydroxyl groups excluding tert-OH is 1. The second-order valence-corrected chi connectivity index (χ2v) is 6.91. The van der Waals surface area contributed by atoms with Gasteiger partial charge in [0.05, 0.1) is 13.2 Å². The lowest BCUT2D eigenvalue weighted by atomic mass is 9.93. The normalized spacial score (nSPS) is 15.9. The van der Waals surface area contributed by atoms with E-state index in [0.29, 0.717) is 6.61 Å². The van der Waals surface area contributed by atoms with Gasteiger partial charge in [0.15, 0.2) is 0 Å². The maximum absolute atomic E-state index is 8.74. The van der Waals surface area contributed by atoms with Crippen molar-refractivity contribution in [1.29, 1.82) is 0 Å². The molecule has 1 aliphatic rings. The van der Waals surface area contributed by atoms with Gasteiger partial charge in [0.2, 0.25) is 0 Å². The van der Waals surface area contributed by atoms with Crippen molar-refractivity contribution >= 4 is 0 Å². The van der Waals surface area contributed by atoms with E-state index < -0.39 is 0 Å². The van der Waals surface area contributed by atoms with Crippen molar-refractivity contribution in [1.82, 2.24) is 4.90 Å². The summed E-state index contributed by atoms with van der Waals surface area (Å²) in [6.07, 6.45) is 3.56. The molecule has 0 aromatic heterocycles. The third-order valence-electron chi connectivity index (χ3n) is 4.90. The summed E-state index contributed by atoms with van der Waals surface area (Å²) in [5.41, 5.74) is 1.29. The van der Waals surface area contributed by atoms with Crippen molar-refractivity contribution in [2.75, 3.05) is 32.9 Å². The van der Waals surface area contributed by atoms with Gasteiger partial charge in [0.25, 0.3) is 0 Å². The van der Waals surface area contributed by atoms with E-state index in [0.717, 1.165) is 50.1 Å². The molecule has 4 heteroatoms. The average Bonchev–Trinajstić information content (AvgIpc) is 2.68. The average molecular weight is 355 g/mol.